The van der Waals surface area contributed by atoms with E-state index in [0.717, 1.165) is 20.2 Å². The van der Waals surface area contributed by atoms with Crippen molar-refractivity contribution in [2.45, 2.75) is 0 Å². The molecule has 0 saturated heterocycles. The second kappa shape index (κ2) is 5.76. The van der Waals surface area contributed by atoms with Gasteiger partial charge in [0.05, 0.1) is 5.69 Å². The van der Waals surface area contributed by atoms with E-state index < -0.39 is 0 Å². The largest absolute Gasteiger partial charge is 0.236 e. The zero-order chi connectivity index (χ0) is 14.1. The van der Waals surface area contributed by atoms with Crippen LogP contribution in [0, 0.1) is 5.82 Å². The Labute approximate surface area is 136 Å². The Kier molecular flexibility index (Phi) is 4.01. The molecule has 0 saturated carbocycles. The first-order chi connectivity index (χ1) is 9.65. The summed E-state index contributed by atoms with van der Waals surface area (Å²) >= 11 is 8.30. The van der Waals surface area contributed by atoms with Gasteiger partial charge in [-0.1, -0.05) is 50.1 Å². The van der Waals surface area contributed by atoms with Crippen molar-refractivity contribution in [2.75, 3.05) is 0 Å². The number of nitrogens with zero attached hydrogens (tertiary/aromatic N) is 1. The molecule has 100 valence electrons. The highest BCUT2D eigenvalue weighted by Gasteiger charge is 2.12. The van der Waals surface area contributed by atoms with Crippen LogP contribution in [0.25, 0.3) is 21.8 Å². The predicted octanol–water partition coefficient (Wildman–Crippen LogP) is 6.14. The summed E-state index contributed by atoms with van der Waals surface area (Å²) in [5, 5.41) is 2.62. The van der Waals surface area contributed by atoms with Gasteiger partial charge in [0.2, 0.25) is 0 Å². The van der Waals surface area contributed by atoms with Crippen LogP contribution in [0.3, 0.4) is 0 Å². The van der Waals surface area contributed by atoms with Crippen molar-refractivity contribution in [1.82, 2.24) is 4.98 Å². The fourth-order valence-corrected chi connectivity index (χ4v) is 3.54. The van der Waals surface area contributed by atoms with E-state index in [0.29, 0.717) is 10.6 Å². The van der Waals surface area contributed by atoms with E-state index in [1.54, 1.807) is 12.1 Å². The normalized spacial score (nSPS) is 10.8. The molecule has 0 atom stereocenters. The van der Waals surface area contributed by atoms with Crippen molar-refractivity contribution >= 4 is 43.2 Å². The fourth-order valence-electron chi connectivity index (χ4n) is 1.85. The summed E-state index contributed by atoms with van der Waals surface area (Å²) in [4.78, 5) is 4.54. The third-order valence-electron chi connectivity index (χ3n) is 2.81. The average Bonchev–Trinajstić information content (AvgIpc) is 2.91. The van der Waals surface area contributed by atoms with Crippen molar-refractivity contribution in [1.29, 1.82) is 0 Å². The van der Waals surface area contributed by atoms with Gasteiger partial charge in [-0.05, 0) is 24.3 Å². The molecule has 2 aromatic carbocycles. The maximum Gasteiger partial charge on any atom is 0.133 e. The van der Waals surface area contributed by atoms with Crippen LogP contribution in [0.1, 0.15) is 0 Å². The number of benzene rings is 2. The van der Waals surface area contributed by atoms with Crippen molar-refractivity contribution in [3.05, 3.63) is 62.6 Å². The molecule has 0 fully saturated rings. The monoisotopic (exact) mass is 411 g/mol. The highest BCUT2D eigenvalue weighted by atomic mass is 79.9. The molecular formula is C15H8Br2FNS. The lowest BCUT2D eigenvalue weighted by molar-refractivity contribution is 0.631. The van der Waals surface area contributed by atoms with E-state index in [1.165, 1.54) is 17.4 Å². The van der Waals surface area contributed by atoms with E-state index in [4.69, 9.17) is 0 Å². The van der Waals surface area contributed by atoms with Crippen LogP contribution in [0.4, 0.5) is 4.39 Å². The lowest BCUT2D eigenvalue weighted by Crippen LogP contribution is -1.85. The summed E-state index contributed by atoms with van der Waals surface area (Å²) in [6.45, 7) is 0. The topological polar surface area (TPSA) is 12.9 Å². The Hall–Kier alpha value is -1.04. The summed E-state index contributed by atoms with van der Waals surface area (Å²) in [7, 11) is 0. The second-order valence-electron chi connectivity index (χ2n) is 4.14. The second-order valence-corrected chi connectivity index (χ2v) is 6.77. The standard InChI is InChI=1S/C15H8Br2FNS/c16-9-5-6-13(18)11(7-9)15-19-14(8-20-15)10-3-1-2-4-12(10)17/h1-8H. The van der Waals surface area contributed by atoms with Gasteiger partial charge in [0.15, 0.2) is 0 Å². The quantitative estimate of drug-likeness (QED) is 0.492. The maximum absolute atomic E-state index is 13.9. The maximum atomic E-state index is 13.9. The van der Waals surface area contributed by atoms with Crippen molar-refractivity contribution in [3.8, 4) is 21.8 Å². The van der Waals surface area contributed by atoms with E-state index in [9.17, 15) is 4.39 Å². The minimum atomic E-state index is -0.263. The van der Waals surface area contributed by atoms with Gasteiger partial charge in [0.1, 0.15) is 10.8 Å². The fraction of sp³-hybridized carbons (Fsp3) is 0. The summed E-state index contributed by atoms with van der Waals surface area (Å²) in [5.41, 5.74) is 2.37. The molecule has 1 nitrogen and oxygen atoms in total. The van der Waals surface area contributed by atoms with E-state index in [-0.39, 0.29) is 5.82 Å². The van der Waals surface area contributed by atoms with Gasteiger partial charge in [0, 0.05) is 25.5 Å². The van der Waals surface area contributed by atoms with Gasteiger partial charge in [-0.3, -0.25) is 0 Å². The smallest absolute Gasteiger partial charge is 0.133 e. The van der Waals surface area contributed by atoms with Gasteiger partial charge in [0.25, 0.3) is 0 Å². The van der Waals surface area contributed by atoms with Gasteiger partial charge in [-0.2, -0.15) is 0 Å². The number of hydrogen-bond acceptors (Lipinski definition) is 2. The van der Waals surface area contributed by atoms with Gasteiger partial charge in [-0.15, -0.1) is 11.3 Å². The highest BCUT2D eigenvalue weighted by Crippen LogP contribution is 2.34. The van der Waals surface area contributed by atoms with Crippen LogP contribution in [0.5, 0.6) is 0 Å². The van der Waals surface area contributed by atoms with Gasteiger partial charge < -0.3 is 0 Å². The SMILES string of the molecule is Fc1ccc(Br)cc1-c1nc(-c2ccccc2Br)cs1. The van der Waals surface area contributed by atoms with Crippen LogP contribution in [-0.4, -0.2) is 4.98 Å². The molecule has 0 aliphatic rings. The molecule has 0 radical (unpaired) electrons. The lowest BCUT2D eigenvalue weighted by atomic mass is 10.2. The molecule has 0 bridgehead atoms. The molecule has 0 aliphatic heterocycles. The molecule has 1 heterocycles. The number of hydrogen-bond donors (Lipinski definition) is 0. The summed E-state index contributed by atoms with van der Waals surface area (Å²) in [6.07, 6.45) is 0. The van der Waals surface area contributed by atoms with E-state index in [1.807, 2.05) is 29.6 Å². The molecule has 3 rings (SSSR count). The van der Waals surface area contributed by atoms with Crippen molar-refractivity contribution in [2.24, 2.45) is 0 Å². The zero-order valence-electron chi connectivity index (χ0n) is 10.1. The molecular weight excluding hydrogens is 405 g/mol. The molecule has 5 heteroatoms. The van der Waals surface area contributed by atoms with Crippen LogP contribution in [-0.2, 0) is 0 Å². The first-order valence-electron chi connectivity index (χ1n) is 5.81. The average molecular weight is 413 g/mol. The minimum Gasteiger partial charge on any atom is -0.236 e. The van der Waals surface area contributed by atoms with E-state index >= 15 is 0 Å². The van der Waals surface area contributed by atoms with Crippen LogP contribution >= 0.6 is 43.2 Å². The third kappa shape index (κ3) is 2.71. The summed E-state index contributed by atoms with van der Waals surface area (Å²) in [5.74, 6) is -0.263. The Morgan fingerprint density at radius 2 is 1.80 bits per heavy atom. The first kappa shape index (κ1) is 13.9. The van der Waals surface area contributed by atoms with Crippen molar-refractivity contribution < 1.29 is 4.39 Å². The van der Waals surface area contributed by atoms with Crippen molar-refractivity contribution in [3.63, 3.8) is 0 Å². The Morgan fingerprint density at radius 3 is 2.60 bits per heavy atom. The van der Waals surface area contributed by atoms with Crippen LogP contribution in [0.2, 0.25) is 0 Å². The van der Waals surface area contributed by atoms with E-state index in [2.05, 4.69) is 36.8 Å². The Morgan fingerprint density at radius 1 is 1.00 bits per heavy atom. The third-order valence-corrected chi connectivity index (χ3v) is 4.87. The molecule has 20 heavy (non-hydrogen) atoms. The molecule has 0 amide bonds. The molecule has 1 aromatic heterocycles. The highest BCUT2D eigenvalue weighted by molar-refractivity contribution is 9.10. The first-order valence-corrected chi connectivity index (χ1v) is 8.27. The minimum absolute atomic E-state index is 0.263. The summed E-state index contributed by atoms with van der Waals surface area (Å²) < 4.78 is 15.7. The molecule has 3 aromatic rings. The lowest BCUT2D eigenvalue weighted by Gasteiger charge is -2.01. The van der Waals surface area contributed by atoms with Crippen LogP contribution < -0.4 is 0 Å². The molecule has 0 spiro atoms. The van der Waals surface area contributed by atoms with Crippen LogP contribution in [0.15, 0.2) is 56.8 Å². The number of aromatic nitrogens is 1. The zero-order valence-corrected chi connectivity index (χ0v) is 14.1. The van der Waals surface area contributed by atoms with Gasteiger partial charge in [-0.25, -0.2) is 9.37 Å². The molecule has 0 aliphatic carbocycles. The number of thiazole rings is 1. The molecule has 0 unspecified atom stereocenters. The molecule has 0 N–H and O–H groups in total. The van der Waals surface area contributed by atoms with Gasteiger partial charge >= 0.3 is 0 Å². The number of halogens is 3. The summed E-state index contributed by atoms with van der Waals surface area (Å²) in [6, 6.07) is 12.7. The Bertz CT molecular complexity index is 770. The Balaban J connectivity index is 2.07. The number of rotatable bonds is 2. The predicted molar refractivity (Wildman–Crippen MR) is 88.3 cm³/mol.